The number of fused-ring (bicyclic) bond motifs is 8. The van der Waals surface area contributed by atoms with Gasteiger partial charge in [-0.25, -0.2) is 4.39 Å². The topological polar surface area (TPSA) is 6.48 Å². The largest absolute Gasteiger partial charge is 0.311 e. The van der Waals surface area contributed by atoms with Crippen molar-refractivity contribution in [2.45, 2.75) is 23.4 Å². The standard InChI is InChI=1S/C58H43FN2SSi/c59-52-31-18-32-54-57(52)50-36-34-43(37-55(50)62-54)60(40-19-6-1-7-20-40)44-33-35-48-51-39-53(61(41-21-8-2-9-22-41)42-23-10-3-11-24-42)47-29-16-17-30-49(47)58(51)63(56(48)38-44,45-25-12-4-13-26-45)46-27-14-5-15-28-46/h1-27,29-39,46,48,56H,28H2. The third-order valence-corrected chi connectivity index (χ3v) is 20.6. The van der Waals surface area contributed by atoms with Gasteiger partial charge in [-0.05, 0) is 106 Å². The summed E-state index contributed by atoms with van der Waals surface area (Å²) in [5.41, 5.74) is 8.72. The summed E-state index contributed by atoms with van der Waals surface area (Å²) in [6, 6.07) is 67.6. The van der Waals surface area contributed by atoms with E-state index in [-0.39, 0.29) is 17.3 Å². The van der Waals surface area contributed by atoms with Crippen LogP contribution in [0.15, 0.2) is 236 Å². The summed E-state index contributed by atoms with van der Waals surface area (Å²) in [7, 11) is -2.78. The van der Waals surface area contributed by atoms with Crippen molar-refractivity contribution in [3.8, 4) is 0 Å². The first-order valence-electron chi connectivity index (χ1n) is 21.9. The van der Waals surface area contributed by atoms with Crippen LogP contribution in [0.4, 0.5) is 32.8 Å². The van der Waals surface area contributed by atoms with Crippen LogP contribution in [0.25, 0.3) is 30.9 Å². The molecule has 1 aromatic heterocycles. The van der Waals surface area contributed by atoms with Crippen molar-refractivity contribution in [3.05, 3.63) is 248 Å². The Labute approximate surface area is 372 Å². The van der Waals surface area contributed by atoms with Crippen LogP contribution < -0.4 is 20.2 Å². The van der Waals surface area contributed by atoms with Crippen molar-refractivity contribution in [1.29, 1.82) is 0 Å². The number of nitrogens with zero attached hydrogens (tertiary/aromatic N) is 2. The van der Waals surface area contributed by atoms with Gasteiger partial charge in [0.25, 0.3) is 0 Å². The maximum atomic E-state index is 15.3. The van der Waals surface area contributed by atoms with Gasteiger partial charge in [-0.1, -0.05) is 163 Å². The minimum Gasteiger partial charge on any atom is -0.311 e. The van der Waals surface area contributed by atoms with Gasteiger partial charge in [-0.2, -0.15) is 0 Å². The fourth-order valence-corrected chi connectivity index (χ4v) is 18.9. The second kappa shape index (κ2) is 15.4. The van der Waals surface area contributed by atoms with E-state index in [4.69, 9.17) is 0 Å². The van der Waals surface area contributed by atoms with Crippen molar-refractivity contribution in [1.82, 2.24) is 0 Å². The summed E-state index contributed by atoms with van der Waals surface area (Å²) in [6.45, 7) is 0. The lowest BCUT2D eigenvalue weighted by molar-refractivity contribution is 0.641. The molecule has 2 aliphatic carbocycles. The van der Waals surface area contributed by atoms with E-state index in [2.05, 4.69) is 222 Å². The van der Waals surface area contributed by atoms with Crippen LogP contribution >= 0.6 is 11.3 Å². The van der Waals surface area contributed by atoms with Gasteiger partial charge in [0.15, 0.2) is 0 Å². The molecule has 5 heteroatoms. The van der Waals surface area contributed by atoms with Crippen LogP contribution in [0.1, 0.15) is 17.9 Å². The van der Waals surface area contributed by atoms with E-state index in [0.29, 0.717) is 10.9 Å². The van der Waals surface area contributed by atoms with E-state index < -0.39 is 8.07 Å². The van der Waals surface area contributed by atoms with E-state index in [9.17, 15) is 0 Å². The molecule has 0 bridgehead atoms. The maximum absolute atomic E-state index is 15.3. The van der Waals surface area contributed by atoms with Crippen LogP contribution in [0.2, 0.25) is 11.1 Å². The Balaban J connectivity index is 1.12. The summed E-state index contributed by atoms with van der Waals surface area (Å²) in [4.78, 5) is 4.87. The van der Waals surface area contributed by atoms with Crippen LogP contribution in [-0.2, 0) is 0 Å². The predicted octanol–water partition coefficient (Wildman–Crippen LogP) is 15.0. The molecular formula is C58H43FN2SSi. The first kappa shape index (κ1) is 37.7. The Morgan fingerprint density at radius 1 is 0.540 bits per heavy atom. The minimum absolute atomic E-state index is 0.150. The lowest BCUT2D eigenvalue weighted by atomic mass is 9.89. The van der Waals surface area contributed by atoms with Crippen LogP contribution in [0, 0.1) is 5.82 Å². The summed E-state index contributed by atoms with van der Waals surface area (Å²) in [6.07, 6.45) is 18.0. The number of benzene rings is 8. The lowest BCUT2D eigenvalue weighted by Gasteiger charge is -2.43. The number of hydrogen-bond acceptors (Lipinski definition) is 3. The predicted molar refractivity (Wildman–Crippen MR) is 268 cm³/mol. The van der Waals surface area contributed by atoms with Crippen molar-refractivity contribution in [2.24, 2.45) is 0 Å². The van der Waals surface area contributed by atoms with E-state index in [1.807, 2.05) is 12.1 Å². The number of anilines is 5. The average molecular weight is 847 g/mol. The molecule has 2 nitrogen and oxygen atoms in total. The number of hydrogen-bond donors (Lipinski definition) is 0. The molecule has 9 aromatic rings. The quantitative estimate of drug-likeness (QED) is 0.141. The summed E-state index contributed by atoms with van der Waals surface area (Å²) >= 11 is 1.66. The first-order chi connectivity index (χ1) is 31.2. The zero-order chi connectivity index (χ0) is 41.9. The lowest BCUT2D eigenvalue weighted by Crippen LogP contribution is -2.62. The monoisotopic (exact) mass is 846 g/mol. The molecule has 0 saturated carbocycles. The number of thiophene rings is 1. The Kier molecular flexibility index (Phi) is 9.20. The number of para-hydroxylation sites is 3. The van der Waals surface area contributed by atoms with Crippen LogP contribution in [0.5, 0.6) is 0 Å². The van der Waals surface area contributed by atoms with Gasteiger partial charge in [-0.3, -0.25) is 0 Å². The Morgan fingerprint density at radius 2 is 1.19 bits per heavy atom. The van der Waals surface area contributed by atoms with Crippen LogP contribution in [0.3, 0.4) is 0 Å². The third-order valence-electron chi connectivity index (χ3n) is 13.6. The van der Waals surface area contributed by atoms with E-state index in [0.717, 1.165) is 49.7 Å². The molecule has 0 radical (unpaired) electrons. The second-order valence-electron chi connectivity index (χ2n) is 16.9. The Bertz CT molecular complexity index is 3260. The highest BCUT2D eigenvalue weighted by atomic mass is 32.1. The Morgan fingerprint density at radius 3 is 1.87 bits per heavy atom. The molecule has 63 heavy (non-hydrogen) atoms. The third kappa shape index (κ3) is 6.02. The molecule has 0 spiro atoms. The molecule has 0 amide bonds. The average Bonchev–Trinajstić information content (AvgIpc) is 3.87. The number of rotatable bonds is 8. The molecule has 2 heterocycles. The van der Waals surface area contributed by atoms with E-state index >= 15 is 4.39 Å². The SMILES string of the molecule is Fc1cccc2sc3cc(N(C4=CC5C(C=C4)c4cc(N(c6ccccc6)c6ccccc6)c6ccccc6c4[Si]5(c4ccccc4)C4C=CC=CC4)c4ccccc4)ccc3c12. The maximum Gasteiger partial charge on any atom is 0.133 e. The summed E-state index contributed by atoms with van der Waals surface area (Å²) < 4.78 is 17.3. The first-order valence-corrected chi connectivity index (χ1v) is 24.9. The van der Waals surface area contributed by atoms with Crippen LogP contribution in [-0.4, -0.2) is 8.07 Å². The van der Waals surface area contributed by atoms with Crippen molar-refractivity contribution in [3.63, 3.8) is 0 Å². The summed E-state index contributed by atoms with van der Waals surface area (Å²) in [5, 5.41) is 7.29. The molecule has 8 aromatic carbocycles. The van der Waals surface area contributed by atoms with Gasteiger partial charge in [0.2, 0.25) is 0 Å². The van der Waals surface area contributed by atoms with Gasteiger partial charge in [0.1, 0.15) is 13.9 Å². The van der Waals surface area contributed by atoms with Crippen molar-refractivity contribution < 1.29 is 4.39 Å². The molecule has 302 valence electrons. The van der Waals surface area contributed by atoms with E-state index in [1.54, 1.807) is 22.6 Å². The second-order valence-corrected chi connectivity index (χ2v) is 22.2. The molecular weight excluding hydrogens is 804 g/mol. The molecule has 3 aliphatic rings. The highest BCUT2D eigenvalue weighted by Gasteiger charge is 2.58. The molecule has 4 atom stereocenters. The zero-order valence-electron chi connectivity index (χ0n) is 34.6. The molecule has 12 rings (SSSR count). The fourth-order valence-electron chi connectivity index (χ4n) is 11.1. The fraction of sp³-hybridized carbons (Fsp3) is 0.0690. The molecule has 4 unspecified atom stereocenters. The van der Waals surface area contributed by atoms with Gasteiger partial charge in [0, 0.05) is 59.9 Å². The number of halogens is 1. The minimum atomic E-state index is -2.78. The summed E-state index contributed by atoms with van der Waals surface area (Å²) in [5.74, 6) is -0.0197. The van der Waals surface area contributed by atoms with Crippen molar-refractivity contribution in [2.75, 3.05) is 9.80 Å². The Hall–Kier alpha value is -7.05. The highest BCUT2D eigenvalue weighted by molar-refractivity contribution is 7.25. The molecule has 0 saturated heterocycles. The molecule has 0 N–H and O–H groups in total. The van der Waals surface area contributed by atoms with Gasteiger partial charge in [-0.15, -0.1) is 11.3 Å². The van der Waals surface area contributed by atoms with Gasteiger partial charge >= 0.3 is 0 Å². The molecule has 1 aliphatic heterocycles. The zero-order valence-corrected chi connectivity index (χ0v) is 36.4. The van der Waals surface area contributed by atoms with Gasteiger partial charge < -0.3 is 9.80 Å². The smallest absolute Gasteiger partial charge is 0.133 e. The normalized spacial score (nSPS) is 19.9. The van der Waals surface area contributed by atoms with Crippen molar-refractivity contribution >= 4 is 89.2 Å². The highest BCUT2D eigenvalue weighted by Crippen LogP contribution is 2.57. The number of allylic oxidation sites excluding steroid dienone is 7. The molecule has 0 fully saturated rings. The van der Waals surface area contributed by atoms with E-state index in [1.165, 1.54) is 27.2 Å². The van der Waals surface area contributed by atoms with Gasteiger partial charge in [0.05, 0.1) is 5.69 Å².